The van der Waals surface area contributed by atoms with Gasteiger partial charge in [-0.15, -0.1) is 0 Å². The van der Waals surface area contributed by atoms with E-state index in [0.29, 0.717) is 5.78 Å². The van der Waals surface area contributed by atoms with Crippen molar-refractivity contribution in [2.75, 3.05) is 44.7 Å². The van der Waals surface area contributed by atoms with E-state index in [1.54, 1.807) is 7.11 Å². The molecule has 1 saturated carbocycles. The Bertz CT molecular complexity index is 1020. The quantitative estimate of drug-likeness (QED) is 0.430. The van der Waals surface area contributed by atoms with Crippen LogP contribution in [0.3, 0.4) is 0 Å². The summed E-state index contributed by atoms with van der Waals surface area (Å²) in [5.41, 5.74) is 1.96. The Morgan fingerprint density at radius 2 is 1.51 bits per heavy atom. The maximum absolute atomic E-state index is 13.8. The molecule has 0 amide bonds. The lowest BCUT2D eigenvalue weighted by atomic mass is 9.69. The minimum Gasteiger partial charge on any atom is -0.495 e. The van der Waals surface area contributed by atoms with Gasteiger partial charge in [-0.25, -0.2) is 4.57 Å². The largest absolute Gasteiger partial charge is 0.495 e. The summed E-state index contributed by atoms with van der Waals surface area (Å²) < 4.78 is 14.4. The minimum absolute atomic E-state index is 0.233. The highest BCUT2D eigenvalue weighted by Crippen LogP contribution is 2.37. The first-order valence-corrected chi connectivity index (χ1v) is 14.7. The van der Waals surface area contributed by atoms with Crippen LogP contribution in [0, 0.1) is 5.92 Å². The first kappa shape index (κ1) is 29.3. The molecule has 0 spiro atoms. The molecule has 1 saturated heterocycles. The lowest BCUT2D eigenvalue weighted by molar-refractivity contribution is -0.129. The van der Waals surface area contributed by atoms with Gasteiger partial charge in [0.05, 0.1) is 18.2 Å². The number of Topliss-reactive ketones (excluding diaryl/α,β-unsaturated/α-hetero) is 1. The summed E-state index contributed by atoms with van der Waals surface area (Å²) in [6.07, 6.45) is 6.71. The number of hydrogen-bond donors (Lipinski definition) is 3. The van der Waals surface area contributed by atoms with Crippen LogP contribution in [0.15, 0.2) is 54.6 Å². The molecule has 4 rings (SSSR count). The van der Waals surface area contributed by atoms with Crippen molar-refractivity contribution >= 4 is 19.3 Å². The predicted molar refractivity (Wildman–Crippen MR) is 146 cm³/mol. The third kappa shape index (κ3) is 8.66. The van der Waals surface area contributed by atoms with Crippen molar-refractivity contribution in [1.29, 1.82) is 0 Å². The number of phosphoric acid groups is 1. The van der Waals surface area contributed by atoms with Crippen molar-refractivity contribution in [3.05, 3.63) is 60.2 Å². The summed E-state index contributed by atoms with van der Waals surface area (Å²) in [6, 6.07) is 18.8. The van der Waals surface area contributed by atoms with Crippen molar-refractivity contribution in [2.24, 2.45) is 5.92 Å². The number of ether oxygens (including phenoxy) is 1. The second-order valence-corrected chi connectivity index (χ2v) is 11.2. The number of carbonyl (C=O) groups is 1. The molecule has 2 aliphatic rings. The van der Waals surface area contributed by atoms with E-state index in [1.807, 2.05) is 18.2 Å². The van der Waals surface area contributed by atoms with Gasteiger partial charge in [0.1, 0.15) is 11.5 Å². The molecule has 1 aliphatic heterocycles. The smallest absolute Gasteiger partial charge is 0.466 e. The molecule has 8 nitrogen and oxygen atoms in total. The Hall–Kier alpha value is -2.22. The van der Waals surface area contributed by atoms with Crippen molar-refractivity contribution in [1.82, 2.24) is 4.90 Å². The number of ketones is 1. The Kier molecular flexibility index (Phi) is 10.7. The third-order valence-electron chi connectivity index (χ3n) is 7.66. The van der Waals surface area contributed by atoms with Crippen molar-refractivity contribution in [3.63, 3.8) is 0 Å². The number of carbonyl (C=O) groups excluding carboxylic acids is 1. The number of anilines is 1. The normalized spacial score (nSPS) is 18.9. The monoisotopic (exact) mass is 532 g/mol. The number of rotatable bonds is 8. The van der Waals surface area contributed by atoms with Crippen LogP contribution in [0.5, 0.6) is 5.75 Å². The molecule has 3 N–H and O–H groups in total. The van der Waals surface area contributed by atoms with Crippen LogP contribution in [-0.2, 0) is 14.8 Å². The first-order valence-electron chi connectivity index (χ1n) is 13.1. The number of nitrogens with zero attached hydrogens (tertiary/aromatic N) is 2. The van der Waals surface area contributed by atoms with Gasteiger partial charge in [-0.2, -0.15) is 0 Å². The van der Waals surface area contributed by atoms with Gasteiger partial charge in [-0.1, -0.05) is 61.7 Å². The van der Waals surface area contributed by atoms with Crippen LogP contribution in [0.4, 0.5) is 5.69 Å². The standard InChI is InChI=1S/C28H38N2O2.H3O4P/c1-28(24-13-7-4-8-14-24,27(31)23-11-5-3-6-12-23)17-18-29-19-21-30(22-20-29)25-15-9-10-16-26(25)32-2;1-5(2,3)4/h4,7-10,13-16,23H,3,5-6,11-12,17-22H2,1-2H3;(H3,1,2,3,4). The fourth-order valence-electron chi connectivity index (χ4n) is 5.52. The number of benzene rings is 2. The van der Waals surface area contributed by atoms with Gasteiger partial charge in [-0.05, 0) is 50.4 Å². The maximum Gasteiger partial charge on any atom is 0.466 e. The molecule has 0 radical (unpaired) electrons. The van der Waals surface area contributed by atoms with Crippen LogP contribution < -0.4 is 9.64 Å². The maximum atomic E-state index is 13.8. The van der Waals surface area contributed by atoms with Crippen LogP contribution in [0.2, 0.25) is 0 Å². The van der Waals surface area contributed by atoms with E-state index in [1.165, 1.54) is 30.5 Å². The van der Waals surface area contributed by atoms with Gasteiger partial charge in [-0.3, -0.25) is 9.69 Å². The lowest BCUT2D eigenvalue weighted by Crippen LogP contribution is -2.48. The zero-order valence-electron chi connectivity index (χ0n) is 22.0. The highest BCUT2D eigenvalue weighted by molar-refractivity contribution is 7.45. The van der Waals surface area contributed by atoms with Gasteiger partial charge < -0.3 is 24.3 Å². The SMILES string of the molecule is COc1ccccc1N1CCN(CCC(C)(C(=O)C2CCCCC2)c2ccccc2)CC1.O=P(O)(O)O. The van der Waals surface area contributed by atoms with E-state index < -0.39 is 13.2 Å². The number of piperazine rings is 1. The van der Waals surface area contributed by atoms with Crippen LogP contribution in [0.1, 0.15) is 51.0 Å². The molecule has 1 heterocycles. The Balaban J connectivity index is 0.000000695. The molecule has 1 atom stereocenters. The molecule has 0 aromatic heterocycles. The zero-order chi connectivity index (χ0) is 26.9. The highest BCUT2D eigenvalue weighted by Gasteiger charge is 2.39. The van der Waals surface area contributed by atoms with E-state index >= 15 is 0 Å². The van der Waals surface area contributed by atoms with Crippen molar-refractivity contribution in [2.45, 2.75) is 50.9 Å². The molecule has 1 unspecified atom stereocenters. The number of hydrogen-bond acceptors (Lipinski definition) is 5. The second-order valence-electron chi connectivity index (χ2n) is 10.2. The molecule has 37 heavy (non-hydrogen) atoms. The summed E-state index contributed by atoms with van der Waals surface area (Å²) >= 11 is 0. The van der Waals surface area contributed by atoms with E-state index in [-0.39, 0.29) is 5.92 Å². The average Bonchev–Trinajstić information content (AvgIpc) is 2.91. The Morgan fingerprint density at radius 3 is 2.11 bits per heavy atom. The lowest BCUT2D eigenvalue weighted by Gasteiger charge is -2.39. The van der Waals surface area contributed by atoms with E-state index in [9.17, 15) is 4.79 Å². The fourth-order valence-corrected chi connectivity index (χ4v) is 5.52. The molecule has 2 aromatic rings. The van der Waals surface area contributed by atoms with Gasteiger partial charge in [0.25, 0.3) is 0 Å². The topological polar surface area (TPSA) is 111 Å². The predicted octanol–water partition coefficient (Wildman–Crippen LogP) is 4.39. The van der Waals surface area contributed by atoms with Gasteiger partial charge in [0.15, 0.2) is 0 Å². The molecule has 1 aliphatic carbocycles. The molecule has 204 valence electrons. The summed E-state index contributed by atoms with van der Waals surface area (Å²) in [5.74, 6) is 1.64. The van der Waals surface area contributed by atoms with Crippen molar-refractivity contribution < 1.29 is 28.8 Å². The van der Waals surface area contributed by atoms with Crippen LogP contribution >= 0.6 is 7.82 Å². The number of para-hydroxylation sites is 2. The molecular weight excluding hydrogens is 491 g/mol. The second kappa shape index (κ2) is 13.5. The van der Waals surface area contributed by atoms with Gasteiger partial charge >= 0.3 is 7.82 Å². The Morgan fingerprint density at radius 1 is 0.946 bits per heavy atom. The summed E-state index contributed by atoms with van der Waals surface area (Å²) in [5, 5.41) is 0. The van der Waals surface area contributed by atoms with Gasteiger partial charge in [0.2, 0.25) is 0 Å². The third-order valence-corrected chi connectivity index (χ3v) is 7.66. The van der Waals surface area contributed by atoms with E-state index in [2.05, 4.69) is 53.1 Å². The Labute approximate surface area is 220 Å². The first-order chi connectivity index (χ1) is 17.6. The van der Waals surface area contributed by atoms with Gasteiger partial charge in [0, 0.05) is 32.1 Å². The zero-order valence-corrected chi connectivity index (χ0v) is 22.9. The van der Waals surface area contributed by atoms with E-state index in [0.717, 1.165) is 57.7 Å². The molecule has 2 aromatic carbocycles. The van der Waals surface area contributed by atoms with Crippen molar-refractivity contribution in [3.8, 4) is 5.75 Å². The average molecular weight is 533 g/mol. The fraction of sp³-hybridized carbons (Fsp3) is 0.536. The van der Waals surface area contributed by atoms with Crippen LogP contribution in [0.25, 0.3) is 0 Å². The number of methoxy groups -OCH3 is 1. The molecular formula is C28H41N2O6P. The molecule has 9 heteroatoms. The van der Waals surface area contributed by atoms with Crippen LogP contribution in [-0.4, -0.2) is 65.2 Å². The molecule has 2 fully saturated rings. The summed E-state index contributed by atoms with van der Waals surface area (Å²) in [7, 11) is -2.90. The summed E-state index contributed by atoms with van der Waals surface area (Å²) in [4.78, 5) is 40.3. The highest BCUT2D eigenvalue weighted by atomic mass is 31.2. The summed E-state index contributed by atoms with van der Waals surface area (Å²) in [6.45, 7) is 7.16. The van der Waals surface area contributed by atoms with E-state index in [4.69, 9.17) is 24.0 Å². The molecule has 0 bridgehead atoms. The minimum atomic E-state index is -4.64.